The number of carbonyl (C=O) groups excluding carboxylic acids is 1. The lowest BCUT2D eigenvalue weighted by Crippen LogP contribution is -2.30. The zero-order valence-electron chi connectivity index (χ0n) is 22.8. The van der Waals surface area contributed by atoms with Crippen LogP contribution in [0, 0.1) is 0 Å². The molecule has 2 aromatic heterocycles. The van der Waals surface area contributed by atoms with E-state index in [0.717, 1.165) is 41.1 Å². The van der Waals surface area contributed by atoms with Gasteiger partial charge in [-0.2, -0.15) is 5.10 Å². The number of rotatable bonds is 8. The molecule has 6 rings (SSSR count). The van der Waals surface area contributed by atoms with Crippen LogP contribution in [0.3, 0.4) is 0 Å². The molecule has 2 N–H and O–H groups in total. The van der Waals surface area contributed by atoms with Crippen molar-refractivity contribution in [2.24, 2.45) is 0 Å². The summed E-state index contributed by atoms with van der Waals surface area (Å²) in [5.41, 5.74) is 8.63. The molecule has 1 aliphatic heterocycles. The molecule has 40 heavy (non-hydrogen) atoms. The summed E-state index contributed by atoms with van der Waals surface area (Å²) in [6, 6.07) is 18.1. The number of likely N-dealkylation sites (tertiary alicyclic amines) is 1. The van der Waals surface area contributed by atoms with Gasteiger partial charge in [-0.05, 0) is 62.7 Å². The molecular weight excluding hydrogens is 502 g/mol. The van der Waals surface area contributed by atoms with Gasteiger partial charge in [0.25, 0.3) is 0 Å². The molecule has 0 spiro atoms. The second-order valence-corrected chi connectivity index (χ2v) is 10.7. The summed E-state index contributed by atoms with van der Waals surface area (Å²) in [5.74, 6) is 1.94. The van der Waals surface area contributed by atoms with Crippen molar-refractivity contribution in [3.63, 3.8) is 0 Å². The Morgan fingerprint density at radius 2 is 1.80 bits per heavy atom. The first kappa shape index (κ1) is 26.0. The molecule has 3 heterocycles. The molecule has 1 atom stereocenters. The minimum absolute atomic E-state index is 0.00440. The first-order valence-electron chi connectivity index (χ1n) is 14.0. The molecule has 2 fully saturated rings. The number of carbonyl (C=O) groups is 1. The zero-order chi connectivity index (χ0) is 27.5. The molecule has 0 bridgehead atoms. The number of para-hydroxylation sites is 1. The van der Waals surface area contributed by atoms with Gasteiger partial charge in [0.05, 0.1) is 11.4 Å². The van der Waals surface area contributed by atoms with E-state index in [0.29, 0.717) is 30.6 Å². The highest BCUT2D eigenvalue weighted by atomic mass is 16.5. The predicted molar refractivity (Wildman–Crippen MR) is 156 cm³/mol. The van der Waals surface area contributed by atoms with Crippen LogP contribution in [0.2, 0.25) is 0 Å². The second kappa shape index (κ2) is 11.5. The molecule has 1 amide bonds. The second-order valence-electron chi connectivity index (χ2n) is 10.7. The van der Waals surface area contributed by atoms with Gasteiger partial charge in [-0.15, -0.1) is 0 Å². The number of anilines is 1. The fourth-order valence-electron chi connectivity index (χ4n) is 5.82. The van der Waals surface area contributed by atoms with Crippen LogP contribution in [0.5, 0.6) is 11.5 Å². The number of nitrogen functional groups attached to an aromatic ring is 1. The summed E-state index contributed by atoms with van der Waals surface area (Å²) in [7, 11) is 2.15. The lowest BCUT2D eigenvalue weighted by molar-refractivity contribution is -0.125. The third-order valence-electron chi connectivity index (χ3n) is 8.05. The number of hydrogen-bond donors (Lipinski definition) is 1. The average molecular weight is 538 g/mol. The van der Waals surface area contributed by atoms with Crippen molar-refractivity contribution in [2.45, 2.75) is 44.2 Å². The van der Waals surface area contributed by atoms with Gasteiger partial charge < -0.3 is 15.4 Å². The SMILES string of the molecule is CN(C/C=C/C(=O)N1CC[C@@H](n2nc(-c3ccc(Oc4ccccc4)cc3)c3c(N)ncnc32)C1)C1CCCC1. The molecule has 0 radical (unpaired) electrons. The normalized spacial score (nSPS) is 17.9. The van der Waals surface area contributed by atoms with Crippen LogP contribution in [0.15, 0.2) is 73.1 Å². The van der Waals surface area contributed by atoms with Crippen molar-refractivity contribution in [1.82, 2.24) is 29.5 Å². The highest BCUT2D eigenvalue weighted by molar-refractivity contribution is 5.98. The van der Waals surface area contributed by atoms with Crippen molar-refractivity contribution < 1.29 is 9.53 Å². The minimum Gasteiger partial charge on any atom is -0.457 e. The monoisotopic (exact) mass is 537 g/mol. The predicted octanol–water partition coefficient (Wildman–Crippen LogP) is 5.07. The molecule has 2 aliphatic rings. The van der Waals surface area contributed by atoms with Crippen LogP contribution >= 0.6 is 0 Å². The van der Waals surface area contributed by atoms with E-state index in [1.165, 1.54) is 32.0 Å². The Bertz CT molecular complexity index is 1490. The number of ether oxygens (including phenoxy) is 1. The van der Waals surface area contributed by atoms with E-state index in [4.69, 9.17) is 15.6 Å². The molecule has 2 aromatic carbocycles. The van der Waals surface area contributed by atoms with Gasteiger partial charge >= 0.3 is 0 Å². The van der Waals surface area contributed by atoms with Gasteiger partial charge in [0.2, 0.25) is 5.91 Å². The van der Waals surface area contributed by atoms with Crippen LogP contribution in [0.25, 0.3) is 22.3 Å². The van der Waals surface area contributed by atoms with E-state index in [1.807, 2.05) is 70.3 Å². The van der Waals surface area contributed by atoms with Crippen molar-refractivity contribution in [3.05, 3.63) is 73.1 Å². The van der Waals surface area contributed by atoms with Gasteiger partial charge in [0.15, 0.2) is 5.65 Å². The Balaban J connectivity index is 1.18. The molecule has 1 saturated carbocycles. The molecular formula is C31H35N7O2. The summed E-state index contributed by atoms with van der Waals surface area (Å²) in [6.45, 7) is 2.05. The molecule has 206 valence electrons. The van der Waals surface area contributed by atoms with E-state index < -0.39 is 0 Å². The smallest absolute Gasteiger partial charge is 0.246 e. The van der Waals surface area contributed by atoms with Crippen LogP contribution in [-0.4, -0.2) is 68.2 Å². The van der Waals surface area contributed by atoms with Gasteiger partial charge in [-0.25, -0.2) is 14.6 Å². The van der Waals surface area contributed by atoms with Gasteiger partial charge in [-0.1, -0.05) is 37.1 Å². The van der Waals surface area contributed by atoms with Crippen LogP contribution in [0.1, 0.15) is 38.1 Å². The first-order valence-corrected chi connectivity index (χ1v) is 14.0. The van der Waals surface area contributed by atoms with E-state index in [1.54, 1.807) is 6.08 Å². The fourth-order valence-corrected chi connectivity index (χ4v) is 5.82. The third kappa shape index (κ3) is 5.42. The van der Waals surface area contributed by atoms with Crippen molar-refractivity contribution in [3.8, 4) is 22.8 Å². The average Bonchev–Trinajstić information content (AvgIpc) is 3.75. The maximum Gasteiger partial charge on any atom is 0.246 e. The number of benzene rings is 2. The van der Waals surface area contributed by atoms with Crippen LogP contribution in [-0.2, 0) is 4.79 Å². The summed E-state index contributed by atoms with van der Waals surface area (Å²) in [5, 5.41) is 5.69. The van der Waals surface area contributed by atoms with E-state index in [-0.39, 0.29) is 11.9 Å². The Kier molecular flexibility index (Phi) is 7.46. The maximum atomic E-state index is 13.0. The van der Waals surface area contributed by atoms with Crippen LogP contribution in [0.4, 0.5) is 5.82 Å². The minimum atomic E-state index is 0.00440. The molecule has 1 saturated heterocycles. The van der Waals surface area contributed by atoms with Crippen LogP contribution < -0.4 is 10.5 Å². The Hall–Kier alpha value is -4.24. The van der Waals surface area contributed by atoms with Crippen molar-refractivity contribution in [2.75, 3.05) is 32.4 Å². The molecule has 0 unspecified atom stereocenters. The number of hydrogen-bond acceptors (Lipinski definition) is 7. The first-order chi connectivity index (χ1) is 19.6. The zero-order valence-corrected chi connectivity index (χ0v) is 22.8. The number of nitrogens with two attached hydrogens (primary N) is 1. The highest BCUT2D eigenvalue weighted by Crippen LogP contribution is 2.35. The Labute approximate surface area is 234 Å². The number of likely N-dealkylation sites (N-methyl/N-ethyl adjacent to an activating group) is 1. The summed E-state index contributed by atoms with van der Waals surface area (Å²) < 4.78 is 7.87. The quantitative estimate of drug-likeness (QED) is 0.313. The van der Waals surface area contributed by atoms with Gasteiger partial charge in [-0.3, -0.25) is 9.69 Å². The summed E-state index contributed by atoms with van der Waals surface area (Å²) in [4.78, 5) is 26.0. The van der Waals surface area contributed by atoms with E-state index in [9.17, 15) is 4.79 Å². The van der Waals surface area contributed by atoms with Crippen molar-refractivity contribution >= 4 is 22.8 Å². The van der Waals surface area contributed by atoms with E-state index >= 15 is 0 Å². The number of amides is 1. The molecule has 4 aromatic rings. The van der Waals surface area contributed by atoms with Gasteiger partial charge in [0.1, 0.15) is 29.3 Å². The standard InChI is InChI=1S/C31H35N7O2/c1-36(23-8-5-6-9-23)18-7-12-27(39)37-19-17-24(20-37)38-31-28(30(32)33-21-34-31)29(35-38)22-13-15-26(16-14-22)40-25-10-3-2-4-11-25/h2-4,7,10-16,21,23-24H,5-6,8-9,17-20H2,1H3,(H2,32,33,34)/b12-7+/t24-/m1/s1. The number of aromatic nitrogens is 4. The molecule has 9 heteroatoms. The topological polar surface area (TPSA) is 102 Å². The third-order valence-corrected chi connectivity index (χ3v) is 8.05. The van der Waals surface area contributed by atoms with E-state index in [2.05, 4.69) is 21.9 Å². The lowest BCUT2D eigenvalue weighted by Gasteiger charge is -2.22. The molecule has 1 aliphatic carbocycles. The van der Waals surface area contributed by atoms with Crippen molar-refractivity contribution in [1.29, 1.82) is 0 Å². The Morgan fingerprint density at radius 1 is 1.05 bits per heavy atom. The molecule has 9 nitrogen and oxygen atoms in total. The summed E-state index contributed by atoms with van der Waals surface area (Å²) >= 11 is 0. The number of nitrogens with zero attached hydrogens (tertiary/aromatic N) is 6. The highest BCUT2D eigenvalue weighted by Gasteiger charge is 2.30. The van der Waals surface area contributed by atoms with Gasteiger partial charge in [0, 0.05) is 37.3 Å². The summed E-state index contributed by atoms with van der Waals surface area (Å²) in [6.07, 6.45) is 11.1. The largest absolute Gasteiger partial charge is 0.457 e. The number of fused-ring (bicyclic) bond motifs is 1. The Morgan fingerprint density at radius 3 is 2.58 bits per heavy atom. The maximum absolute atomic E-state index is 13.0. The fraction of sp³-hybridized carbons (Fsp3) is 0.355. The lowest BCUT2D eigenvalue weighted by atomic mass is 10.1.